The van der Waals surface area contributed by atoms with Crippen molar-refractivity contribution < 1.29 is 13.2 Å². The van der Waals surface area contributed by atoms with Gasteiger partial charge in [0.1, 0.15) is 0 Å². The van der Waals surface area contributed by atoms with Crippen LogP contribution in [0.15, 0.2) is 23.6 Å². The average molecular weight is 424 g/mol. The molecule has 3 heterocycles. The number of sulfonamides is 1. The minimum absolute atomic E-state index is 0.113. The number of carbonyl (C=O) groups excluding carboxylic acids is 1. The highest BCUT2D eigenvalue weighted by atomic mass is 32.2. The van der Waals surface area contributed by atoms with Crippen molar-refractivity contribution in [3.05, 3.63) is 45.4 Å². The van der Waals surface area contributed by atoms with E-state index in [1.165, 1.54) is 9.18 Å². The van der Waals surface area contributed by atoms with Gasteiger partial charge in [0.25, 0.3) is 0 Å². The van der Waals surface area contributed by atoms with Crippen LogP contribution in [0.1, 0.15) is 33.5 Å². The Kier molecular flexibility index (Phi) is 6.75. The summed E-state index contributed by atoms with van der Waals surface area (Å²) in [6.45, 7) is 9.07. The Balaban J connectivity index is 1.60. The molecule has 0 amide bonds. The molecule has 2 aromatic heterocycles. The van der Waals surface area contributed by atoms with E-state index in [1.807, 2.05) is 19.9 Å². The van der Waals surface area contributed by atoms with Crippen LogP contribution < -0.4 is 0 Å². The second kappa shape index (κ2) is 8.90. The molecule has 0 saturated carbocycles. The minimum Gasteiger partial charge on any atom is -0.348 e. The molecule has 0 spiro atoms. The van der Waals surface area contributed by atoms with Crippen LogP contribution in [-0.4, -0.2) is 66.4 Å². The van der Waals surface area contributed by atoms with E-state index in [4.69, 9.17) is 0 Å². The third-order valence-electron chi connectivity index (χ3n) is 5.49. The summed E-state index contributed by atoms with van der Waals surface area (Å²) in [6.07, 6.45) is 0.968. The molecule has 1 saturated heterocycles. The van der Waals surface area contributed by atoms with E-state index in [0.29, 0.717) is 32.7 Å². The molecule has 1 aliphatic heterocycles. The normalized spacial score (nSPS) is 16.5. The summed E-state index contributed by atoms with van der Waals surface area (Å²) in [6, 6.07) is 6.20. The van der Waals surface area contributed by atoms with Gasteiger partial charge in [-0.1, -0.05) is 6.07 Å². The number of nitrogens with zero attached hydrogens (tertiary/aromatic N) is 3. The van der Waals surface area contributed by atoms with Gasteiger partial charge in [-0.2, -0.15) is 4.31 Å². The lowest BCUT2D eigenvalue weighted by molar-refractivity contribution is 0.0901. The van der Waals surface area contributed by atoms with E-state index in [9.17, 15) is 13.2 Å². The first-order valence-corrected chi connectivity index (χ1v) is 12.2. The Labute approximate surface area is 171 Å². The van der Waals surface area contributed by atoms with Crippen molar-refractivity contribution in [2.24, 2.45) is 0 Å². The molecule has 154 valence electrons. The molecule has 1 aliphatic rings. The number of Topliss-reactive ketones (excluding diaryl/α,β-unsaturated/α-hetero) is 1. The molecule has 2 aromatic rings. The first-order valence-electron chi connectivity index (χ1n) is 9.74. The molecule has 0 bridgehead atoms. The van der Waals surface area contributed by atoms with Crippen LogP contribution in [0.25, 0.3) is 0 Å². The Bertz CT molecular complexity index is 909. The molecule has 3 rings (SSSR count). The second-order valence-corrected chi connectivity index (χ2v) is 10.6. The van der Waals surface area contributed by atoms with Crippen molar-refractivity contribution in [2.75, 3.05) is 38.5 Å². The SMILES string of the molecule is CCS(=O)(=O)N1CCN(CC(=O)c2cc(C)n(CCc3cccs3)c2C)CC1. The summed E-state index contributed by atoms with van der Waals surface area (Å²) in [5, 5.41) is 2.09. The van der Waals surface area contributed by atoms with Gasteiger partial charge < -0.3 is 4.57 Å². The Morgan fingerprint density at radius 2 is 1.89 bits per heavy atom. The van der Waals surface area contributed by atoms with Crippen LogP contribution in [0.3, 0.4) is 0 Å². The lowest BCUT2D eigenvalue weighted by Crippen LogP contribution is -2.50. The summed E-state index contributed by atoms with van der Waals surface area (Å²) in [7, 11) is -3.14. The number of aryl methyl sites for hydroxylation is 2. The maximum absolute atomic E-state index is 12.9. The maximum Gasteiger partial charge on any atom is 0.213 e. The molecular weight excluding hydrogens is 394 g/mol. The average Bonchev–Trinajstić information content (AvgIpc) is 3.29. The van der Waals surface area contributed by atoms with Crippen molar-refractivity contribution in [3.8, 4) is 0 Å². The summed E-state index contributed by atoms with van der Waals surface area (Å²) in [5.74, 6) is 0.242. The van der Waals surface area contributed by atoms with Crippen LogP contribution in [0.2, 0.25) is 0 Å². The highest BCUT2D eigenvalue weighted by molar-refractivity contribution is 7.89. The minimum atomic E-state index is -3.14. The van der Waals surface area contributed by atoms with E-state index < -0.39 is 10.0 Å². The molecule has 0 aliphatic carbocycles. The zero-order chi connectivity index (χ0) is 20.3. The lowest BCUT2D eigenvalue weighted by Gasteiger charge is -2.33. The highest BCUT2D eigenvalue weighted by Gasteiger charge is 2.27. The van der Waals surface area contributed by atoms with E-state index in [2.05, 4.69) is 27.0 Å². The number of piperazine rings is 1. The summed E-state index contributed by atoms with van der Waals surface area (Å²) in [5.41, 5.74) is 2.91. The van der Waals surface area contributed by atoms with Crippen molar-refractivity contribution in [1.29, 1.82) is 0 Å². The summed E-state index contributed by atoms with van der Waals surface area (Å²) in [4.78, 5) is 16.3. The molecule has 6 nitrogen and oxygen atoms in total. The van der Waals surface area contributed by atoms with Gasteiger partial charge in [-0.15, -0.1) is 11.3 Å². The molecular formula is C20H29N3O3S2. The van der Waals surface area contributed by atoms with E-state index in [-0.39, 0.29) is 11.5 Å². The quantitative estimate of drug-likeness (QED) is 0.612. The van der Waals surface area contributed by atoms with Gasteiger partial charge in [0.15, 0.2) is 5.78 Å². The fourth-order valence-electron chi connectivity index (χ4n) is 3.74. The third-order valence-corrected chi connectivity index (χ3v) is 8.31. The predicted molar refractivity (Wildman–Crippen MR) is 114 cm³/mol. The van der Waals surface area contributed by atoms with Crippen molar-refractivity contribution in [1.82, 2.24) is 13.8 Å². The highest BCUT2D eigenvalue weighted by Crippen LogP contribution is 2.19. The van der Waals surface area contributed by atoms with Crippen LogP contribution in [0.4, 0.5) is 0 Å². The monoisotopic (exact) mass is 423 g/mol. The Hall–Kier alpha value is -1.48. The van der Waals surface area contributed by atoms with Crippen LogP contribution >= 0.6 is 11.3 Å². The number of rotatable bonds is 8. The van der Waals surface area contributed by atoms with Crippen LogP contribution in [0.5, 0.6) is 0 Å². The molecule has 28 heavy (non-hydrogen) atoms. The van der Waals surface area contributed by atoms with E-state index in [1.54, 1.807) is 18.3 Å². The second-order valence-electron chi connectivity index (χ2n) is 7.26. The first-order chi connectivity index (χ1) is 13.3. The third kappa shape index (κ3) is 4.74. The molecule has 1 fully saturated rings. The Morgan fingerprint density at radius 1 is 1.18 bits per heavy atom. The van der Waals surface area contributed by atoms with Crippen LogP contribution in [-0.2, 0) is 23.0 Å². The van der Waals surface area contributed by atoms with E-state index in [0.717, 1.165) is 29.9 Å². The number of hydrogen-bond donors (Lipinski definition) is 0. The zero-order valence-corrected chi connectivity index (χ0v) is 18.5. The van der Waals surface area contributed by atoms with Crippen molar-refractivity contribution >= 4 is 27.1 Å². The lowest BCUT2D eigenvalue weighted by atomic mass is 10.1. The molecule has 0 N–H and O–H groups in total. The molecule has 8 heteroatoms. The molecule has 0 unspecified atom stereocenters. The molecule has 0 atom stereocenters. The molecule has 0 radical (unpaired) electrons. The topological polar surface area (TPSA) is 62.6 Å². The van der Waals surface area contributed by atoms with E-state index >= 15 is 0 Å². The number of thiophene rings is 1. The van der Waals surface area contributed by atoms with Gasteiger partial charge in [-0.3, -0.25) is 9.69 Å². The van der Waals surface area contributed by atoms with Gasteiger partial charge in [0.2, 0.25) is 10.0 Å². The smallest absolute Gasteiger partial charge is 0.213 e. The molecule has 0 aromatic carbocycles. The number of aromatic nitrogens is 1. The number of carbonyl (C=O) groups is 1. The van der Waals surface area contributed by atoms with Crippen molar-refractivity contribution in [3.63, 3.8) is 0 Å². The standard InChI is InChI=1S/C20H29N3O3S2/c1-4-28(25,26)22-11-9-21(10-12-22)15-20(24)19-14-16(2)23(17(19)3)8-7-18-6-5-13-27-18/h5-6,13-14H,4,7-12,15H2,1-3H3. The summed E-state index contributed by atoms with van der Waals surface area (Å²) < 4.78 is 27.7. The van der Waals surface area contributed by atoms with Gasteiger partial charge in [-0.05, 0) is 44.7 Å². The number of hydrogen-bond acceptors (Lipinski definition) is 5. The number of ketones is 1. The predicted octanol–water partition coefficient (Wildman–Crippen LogP) is 2.56. The van der Waals surface area contributed by atoms with Crippen LogP contribution in [0, 0.1) is 13.8 Å². The fourth-order valence-corrected chi connectivity index (χ4v) is 5.52. The van der Waals surface area contributed by atoms with Gasteiger partial charge in [-0.25, -0.2) is 8.42 Å². The zero-order valence-electron chi connectivity index (χ0n) is 16.8. The maximum atomic E-state index is 12.9. The fraction of sp³-hybridized carbons (Fsp3) is 0.550. The van der Waals surface area contributed by atoms with Gasteiger partial charge in [0, 0.05) is 54.6 Å². The Morgan fingerprint density at radius 3 is 2.50 bits per heavy atom. The summed E-state index contributed by atoms with van der Waals surface area (Å²) >= 11 is 1.76. The first kappa shape index (κ1) is 21.2. The van der Waals surface area contributed by atoms with Crippen molar-refractivity contribution in [2.45, 2.75) is 33.7 Å². The van der Waals surface area contributed by atoms with Gasteiger partial charge in [0.05, 0.1) is 12.3 Å². The van der Waals surface area contributed by atoms with Gasteiger partial charge >= 0.3 is 0 Å². The largest absolute Gasteiger partial charge is 0.348 e.